The Hall–Kier alpha value is -1.55. The number of benzene rings is 1. The fourth-order valence-corrected chi connectivity index (χ4v) is 1.99. The van der Waals surface area contributed by atoms with Crippen LogP contribution in [-0.4, -0.2) is 42.1 Å². The molecular formula is C13H18N2O2. The van der Waals surface area contributed by atoms with E-state index in [-0.39, 0.29) is 11.7 Å². The van der Waals surface area contributed by atoms with Gasteiger partial charge in [-0.2, -0.15) is 0 Å². The van der Waals surface area contributed by atoms with Crippen molar-refractivity contribution in [3.05, 3.63) is 29.8 Å². The van der Waals surface area contributed by atoms with Crippen LogP contribution in [0.1, 0.15) is 12.0 Å². The van der Waals surface area contributed by atoms with Crippen LogP contribution in [0.2, 0.25) is 0 Å². The number of nitrogens with zero attached hydrogens (tertiary/aromatic N) is 1. The highest BCUT2D eigenvalue weighted by atomic mass is 16.3. The quantitative estimate of drug-likeness (QED) is 0.811. The number of rotatable bonds is 3. The normalized spacial score (nSPS) is 15.9. The molecule has 4 heteroatoms. The van der Waals surface area contributed by atoms with Crippen molar-refractivity contribution in [2.24, 2.45) is 0 Å². The molecule has 1 aromatic rings. The van der Waals surface area contributed by atoms with Gasteiger partial charge in [0.1, 0.15) is 5.75 Å². The second-order valence-corrected chi connectivity index (χ2v) is 4.30. The summed E-state index contributed by atoms with van der Waals surface area (Å²) in [7, 11) is 0. The average Bonchev–Trinajstić information content (AvgIpc) is 2.39. The summed E-state index contributed by atoms with van der Waals surface area (Å²) >= 11 is 0. The smallest absolute Gasteiger partial charge is 0.222 e. The van der Waals surface area contributed by atoms with Crippen molar-refractivity contribution in [2.75, 3.05) is 26.2 Å². The van der Waals surface area contributed by atoms with Gasteiger partial charge in [0.15, 0.2) is 0 Å². The Labute approximate surface area is 101 Å². The second-order valence-electron chi connectivity index (χ2n) is 4.30. The minimum absolute atomic E-state index is 0.222. The lowest BCUT2D eigenvalue weighted by Crippen LogP contribution is -2.46. The van der Waals surface area contributed by atoms with Crippen molar-refractivity contribution in [3.8, 4) is 5.75 Å². The SMILES string of the molecule is O=C(CCc1ccc(O)cc1)N1CCNCC1. The molecule has 1 heterocycles. The first-order valence-corrected chi connectivity index (χ1v) is 6.02. The van der Waals surface area contributed by atoms with Crippen LogP contribution in [0.5, 0.6) is 5.75 Å². The molecule has 1 aromatic carbocycles. The monoisotopic (exact) mass is 234 g/mol. The number of aromatic hydroxyl groups is 1. The minimum Gasteiger partial charge on any atom is -0.508 e. The summed E-state index contributed by atoms with van der Waals surface area (Å²) in [6.07, 6.45) is 1.29. The largest absolute Gasteiger partial charge is 0.508 e. The Morgan fingerprint density at radius 3 is 2.53 bits per heavy atom. The van der Waals surface area contributed by atoms with Gasteiger partial charge in [0, 0.05) is 32.6 Å². The predicted molar refractivity (Wildman–Crippen MR) is 65.9 cm³/mol. The molecule has 4 nitrogen and oxygen atoms in total. The van der Waals surface area contributed by atoms with E-state index in [2.05, 4.69) is 5.32 Å². The molecule has 92 valence electrons. The van der Waals surface area contributed by atoms with Gasteiger partial charge in [0.2, 0.25) is 5.91 Å². The zero-order valence-electron chi connectivity index (χ0n) is 9.85. The number of amides is 1. The van der Waals surface area contributed by atoms with E-state index in [9.17, 15) is 4.79 Å². The summed E-state index contributed by atoms with van der Waals surface area (Å²) in [5.41, 5.74) is 1.09. The van der Waals surface area contributed by atoms with Gasteiger partial charge in [-0.25, -0.2) is 0 Å². The topological polar surface area (TPSA) is 52.6 Å². The molecule has 2 rings (SSSR count). The van der Waals surface area contributed by atoms with Gasteiger partial charge in [0.05, 0.1) is 0 Å². The summed E-state index contributed by atoms with van der Waals surface area (Å²) < 4.78 is 0. The molecule has 0 bridgehead atoms. The number of hydrogen-bond donors (Lipinski definition) is 2. The molecular weight excluding hydrogens is 216 g/mol. The summed E-state index contributed by atoms with van der Waals surface area (Å²) in [6, 6.07) is 7.04. The molecule has 0 aromatic heterocycles. The predicted octanol–water partition coefficient (Wildman–Crippen LogP) is 0.757. The Bertz CT molecular complexity index is 370. The molecule has 0 aliphatic carbocycles. The van der Waals surface area contributed by atoms with E-state index >= 15 is 0 Å². The van der Waals surface area contributed by atoms with Gasteiger partial charge >= 0.3 is 0 Å². The molecule has 0 radical (unpaired) electrons. The lowest BCUT2D eigenvalue weighted by molar-refractivity contribution is -0.131. The number of carbonyl (C=O) groups excluding carboxylic acids is 1. The first-order valence-electron chi connectivity index (χ1n) is 6.02. The lowest BCUT2D eigenvalue weighted by Gasteiger charge is -2.27. The Balaban J connectivity index is 1.81. The summed E-state index contributed by atoms with van der Waals surface area (Å²) in [6.45, 7) is 3.42. The van der Waals surface area contributed by atoms with Crippen LogP contribution < -0.4 is 5.32 Å². The van der Waals surface area contributed by atoms with Gasteiger partial charge < -0.3 is 15.3 Å². The van der Waals surface area contributed by atoms with Crippen LogP contribution in [0.25, 0.3) is 0 Å². The molecule has 0 saturated carbocycles. The van der Waals surface area contributed by atoms with Gasteiger partial charge in [0.25, 0.3) is 0 Å². The van der Waals surface area contributed by atoms with Crippen LogP contribution in [-0.2, 0) is 11.2 Å². The van der Waals surface area contributed by atoms with Crippen molar-refractivity contribution >= 4 is 5.91 Å². The van der Waals surface area contributed by atoms with Crippen molar-refractivity contribution in [2.45, 2.75) is 12.8 Å². The highest BCUT2D eigenvalue weighted by Crippen LogP contribution is 2.11. The maximum absolute atomic E-state index is 11.9. The third-order valence-electron chi connectivity index (χ3n) is 3.03. The molecule has 17 heavy (non-hydrogen) atoms. The van der Waals surface area contributed by atoms with Crippen LogP contribution in [0, 0.1) is 0 Å². The average molecular weight is 234 g/mol. The van der Waals surface area contributed by atoms with Crippen LogP contribution in [0.3, 0.4) is 0 Å². The van der Waals surface area contributed by atoms with E-state index in [4.69, 9.17) is 5.11 Å². The highest BCUT2D eigenvalue weighted by Gasteiger charge is 2.15. The van der Waals surface area contributed by atoms with Gasteiger partial charge in [-0.05, 0) is 24.1 Å². The molecule has 0 spiro atoms. The van der Waals surface area contributed by atoms with Crippen molar-refractivity contribution in [3.63, 3.8) is 0 Å². The molecule has 2 N–H and O–H groups in total. The number of phenolic OH excluding ortho intramolecular Hbond substituents is 1. The number of nitrogens with one attached hydrogen (secondary N) is 1. The Kier molecular flexibility index (Phi) is 3.98. The van der Waals surface area contributed by atoms with E-state index in [1.54, 1.807) is 12.1 Å². The first kappa shape index (κ1) is 11.9. The fourth-order valence-electron chi connectivity index (χ4n) is 1.99. The number of phenols is 1. The maximum Gasteiger partial charge on any atom is 0.222 e. The van der Waals surface area contributed by atoms with Crippen molar-refractivity contribution in [1.29, 1.82) is 0 Å². The van der Waals surface area contributed by atoms with E-state index in [1.807, 2.05) is 17.0 Å². The van der Waals surface area contributed by atoms with Crippen molar-refractivity contribution in [1.82, 2.24) is 10.2 Å². The number of piperazine rings is 1. The third kappa shape index (κ3) is 3.46. The third-order valence-corrected chi connectivity index (χ3v) is 3.03. The van der Waals surface area contributed by atoms with E-state index < -0.39 is 0 Å². The summed E-state index contributed by atoms with van der Waals surface area (Å²) in [5, 5.41) is 12.4. The fraction of sp³-hybridized carbons (Fsp3) is 0.462. The highest BCUT2D eigenvalue weighted by molar-refractivity contribution is 5.76. The standard InChI is InChI=1S/C13H18N2O2/c16-12-4-1-11(2-5-12)3-6-13(17)15-9-7-14-8-10-15/h1-2,4-5,14,16H,3,6-10H2. The molecule has 1 amide bonds. The molecule has 1 aliphatic rings. The molecule has 1 aliphatic heterocycles. The van der Waals surface area contributed by atoms with E-state index in [1.165, 1.54) is 0 Å². The van der Waals surface area contributed by atoms with Gasteiger partial charge in [-0.1, -0.05) is 12.1 Å². The summed E-state index contributed by atoms with van der Waals surface area (Å²) in [5.74, 6) is 0.488. The number of hydrogen-bond acceptors (Lipinski definition) is 3. The Morgan fingerprint density at radius 1 is 1.24 bits per heavy atom. The molecule has 0 atom stereocenters. The Morgan fingerprint density at radius 2 is 1.88 bits per heavy atom. The molecule has 0 unspecified atom stereocenters. The van der Waals surface area contributed by atoms with Crippen LogP contribution >= 0.6 is 0 Å². The van der Waals surface area contributed by atoms with Crippen LogP contribution in [0.4, 0.5) is 0 Å². The molecule has 1 saturated heterocycles. The van der Waals surface area contributed by atoms with Crippen LogP contribution in [0.15, 0.2) is 24.3 Å². The zero-order chi connectivity index (χ0) is 12.1. The number of aryl methyl sites for hydroxylation is 1. The first-order chi connectivity index (χ1) is 8.25. The van der Waals surface area contributed by atoms with E-state index in [0.29, 0.717) is 6.42 Å². The lowest BCUT2D eigenvalue weighted by atomic mass is 10.1. The maximum atomic E-state index is 11.9. The summed E-state index contributed by atoms with van der Waals surface area (Å²) in [4.78, 5) is 13.8. The van der Waals surface area contributed by atoms with E-state index in [0.717, 1.165) is 38.2 Å². The second kappa shape index (κ2) is 5.68. The van der Waals surface area contributed by atoms with Crippen molar-refractivity contribution < 1.29 is 9.90 Å². The minimum atomic E-state index is 0.222. The van der Waals surface area contributed by atoms with Gasteiger partial charge in [-0.3, -0.25) is 4.79 Å². The number of carbonyl (C=O) groups is 1. The molecule has 1 fully saturated rings. The van der Waals surface area contributed by atoms with Gasteiger partial charge in [-0.15, -0.1) is 0 Å². The zero-order valence-corrected chi connectivity index (χ0v) is 9.85.